The average Bonchev–Trinajstić information content (AvgIpc) is 3.06. The minimum absolute atomic E-state index is 0.0416. The number of hydrogen-bond acceptors (Lipinski definition) is 6. The van der Waals surface area contributed by atoms with Crippen LogP contribution in [-0.2, 0) is 0 Å². The van der Waals surface area contributed by atoms with E-state index < -0.39 is 11.5 Å². The van der Waals surface area contributed by atoms with Crippen LogP contribution in [0.2, 0.25) is 0 Å². The van der Waals surface area contributed by atoms with Crippen molar-refractivity contribution in [3.05, 3.63) is 87.5 Å². The highest BCUT2D eigenvalue weighted by Gasteiger charge is 2.15. The normalized spacial score (nSPS) is 11.2. The number of rotatable bonds is 5. The molecule has 0 aliphatic carbocycles. The van der Waals surface area contributed by atoms with Crippen molar-refractivity contribution in [3.63, 3.8) is 0 Å². The predicted molar refractivity (Wildman–Crippen MR) is 123 cm³/mol. The largest absolute Gasteiger partial charge is 0.504 e. The van der Waals surface area contributed by atoms with Gasteiger partial charge >= 0.3 is 5.97 Å². The SMILES string of the molecule is Cc1cc(C)cc(-c2nccc(N=Nc3c(C)[nH]n(-c4cccc(C(=O)O)c4)c3=O)c2O)c1. The standard InChI is InChI=1S/C24H21N5O4/c1-13-9-14(2)11-17(10-13)21-22(30)19(7-8-25-21)26-27-20-15(3)28-29(23(20)31)18-6-4-5-16(12-18)24(32)33/h4-12,28,30H,1-3H3,(H,32,33). The van der Waals surface area contributed by atoms with Gasteiger partial charge in [0.1, 0.15) is 11.4 Å². The Hall–Kier alpha value is -4.53. The van der Waals surface area contributed by atoms with Crippen LogP contribution in [0, 0.1) is 20.8 Å². The van der Waals surface area contributed by atoms with Gasteiger partial charge in [-0.05, 0) is 57.2 Å². The summed E-state index contributed by atoms with van der Waals surface area (Å²) in [7, 11) is 0. The second kappa shape index (κ2) is 8.54. The molecule has 0 bridgehead atoms. The molecule has 4 aromatic rings. The highest BCUT2D eigenvalue weighted by atomic mass is 16.4. The first-order valence-electron chi connectivity index (χ1n) is 10.1. The first-order chi connectivity index (χ1) is 15.7. The maximum atomic E-state index is 12.9. The molecule has 4 rings (SSSR count). The minimum Gasteiger partial charge on any atom is -0.504 e. The maximum Gasteiger partial charge on any atom is 0.335 e. The van der Waals surface area contributed by atoms with Crippen molar-refractivity contribution >= 4 is 17.3 Å². The van der Waals surface area contributed by atoms with Gasteiger partial charge in [0.25, 0.3) is 5.56 Å². The van der Waals surface area contributed by atoms with Crippen LogP contribution in [0.1, 0.15) is 27.2 Å². The Kier molecular flexibility index (Phi) is 5.61. The van der Waals surface area contributed by atoms with Crippen LogP contribution in [0.15, 0.2) is 69.8 Å². The van der Waals surface area contributed by atoms with Gasteiger partial charge in [0.15, 0.2) is 11.4 Å². The average molecular weight is 443 g/mol. The van der Waals surface area contributed by atoms with E-state index in [0.717, 1.165) is 16.7 Å². The molecule has 9 heteroatoms. The topological polar surface area (TPSA) is 133 Å². The molecule has 0 amide bonds. The van der Waals surface area contributed by atoms with Gasteiger partial charge < -0.3 is 10.2 Å². The number of aromatic nitrogens is 3. The molecule has 0 fully saturated rings. The molecule has 3 N–H and O–H groups in total. The van der Waals surface area contributed by atoms with Crippen LogP contribution in [-0.4, -0.2) is 30.9 Å². The van der Waals surface area contributed by atoms with E-state index in [1.807, 2.05) is 32.0 Å². The molecular weight excluding hydrogens is 422 g/mol. The Labute approximate surface area is 188 Å². The summed E-state index contributed by atoms with van der Waals surface area (Å²) < 4.78 is 1.20. The minimum atomic E-state index is -1.10. The number of carboxylic acid groups (broad SMARTS) is 1. The third-order valence-corrected chi connectivity index (χ3v) is 5.05. The third kappa shape index (κ3) is 4.29. The summed E-state index contributed by atoms with van der Waals surface area (Å²) in [5.41, 5.74) is 3.74. The van der Waals surface area contributed by atoms with Crippen molar-refractivity contribution < 1.29 is 15.0 Å². The van der Waals surface area contributed by atoms with Crippen LogP contribution in [0.4, 0.5) is 11.4 Å². The zero-order valence-corrected chi connectivity index (χ0v) is 18.2. The van der Waals surface area contributed by atoms with E-state index in [9.17, 15) is 19.8 Å². The molecule has 9 nitrogen and oxygen atoms in total. The number of nitrogens with zero attached hydrogens (tertiary/aromatic N) is 4. The Morgan fingerprint density at radius 2 is 1.76 bits per heavy atom. The molecule has 0 saturated carbocycles. The fourth-order valence-electron chi connectivity index (χ4n) is 3.57. The molecule has 33 heavy (non-hydrogen) atoms. The summed E-state index contributed by atoms with van der Waals surface area (Å²) in [6, 6.07) is 13.3. The zero-order chi connectivity index (χ0) is 23.7. The molecule has 0 spiro atoms. The van der Waals surface area contributed by atoms with Gasteiger partial charge in [0, 0.05) is 11.8 Å². The van der Waals surface area contributed by atoms with Crippen molar-refractivity contribution in [1.29, 1.82) is 0 Å². The molecule has 0 aliphatic rings. The number of H-pyrrole nitrogens is 1. The smallest absolute Gasteiger partial charge is 0.335 e. The summed E-state index contributed by atoms with van der Waals surface area (Å²) in [5.74, 6) is -1.24. The van der Waals surface area contributed by atoms with E-state index in [1.54, 1.807) is 19.1 Å². The van der Waals surface area contributed by atoms with Gasteiger partial charge in [-0.2, -0.15) is 0 Å². The van der Waals surface area contributed by atoms with Crippen LogP contribution in [0.5, 0.6) is 5.75 Å². The van der Waals surface area contributed by atoms with E-state index in [-0.39, 0.29) is 22.7 Å². The van der Waals surface area contributed by atoms with Gasteiger partial charge in [0.2, 0.25) is 0 Å². The van der Waals surface area contributed by atoms with Gasteiger partial charge in [-0.1, -0.05) is 23.3 Å². The quantitative estimate of drug-likeness (QED) is 0.375. The molecule has 2 aromatic heterocycles. The fraction of sp³-hybridized carbons (Fsp3) is 0.125. The Bertz CT molecular complexity index is 1450. The molecule has 0 aliphatic heterocycles. The number of pyridine rings is 1. The highest BCUT2D eigenvalue weighted by molar-refractivity contribution is 5.88. The van der Waals surface area contributed by atoms with Crippen LogP contribution >= 0.6 is 0 Å². The van der Waals surface area contributed by atoms with Crippen molar-refractivity contribution in [1.82, 2.24) is 14.8 Å². The summed E-state index contributed by atoms with van der Waals surface area (Å²) in [6.07, 6.45) is 1.51. The number of hydrogen-bond donors (Lipinski definition) is 3. The lowest BCUT2D eigenvalue weighted by Gasteiger charge is -2.07. The Morgan fingerprint density at radius 3 is 2.45 bits per heavy atom. The Balaban J connectivity index is 1.72. The monoisotopic (exact) mass is 443 g/mol. The first kappa shape index (κ1) is 21.7. The number of azo groups is 1. The molecule has 166 valence electrons. The Morgan fingerprint density at radius 1 is 1.03 bits per heavy atom. The maximum absolute atomic E-state index is 12.9. The lowest BCUT2D eigenvalue weighted by molar-refractivity contribution is 0.0697. The molecule has 0 unspecified atom stereocenters. The lowest BCUT2D eigenvalue weighted by atomic mass is 10.0. The highest BCUT2D eigenvalue weighted by Crippen LogP contribution is 2.36. The third-order valence-electron chi connectivity index (χ3n) is 5.05. The first-order valence-corrected chi connectivity index (χ1v) is 10.1. The predicted octanol–water partition coefficient (Wildman–Crippen LogP) is 4.97. The lowest BCUT2D eigenvalue weighted by Crippen LogP contribution is -2.14. The number of aromatic carboxylic acids is 1. The second-order valence-corrected chi connectivity index (χ2v) is 7.69. The molecular formula is C24H21N5O4. The van der Waals surface area contributed by atoms with Crippen molar-refractivity contribution in [2.45, 2.75) is 20.8 Å². The molecule has 2 aromatic carbocycles. The summed E-state index contributed by atoms with van der Waals surface area (Å²) >= 11 is 0. The van der Waals surface area contributed by atoms with Crippen LogP contribution in [0.25, 0.3) is 16.9 Å². The molecule has 0 saturated heterocycles. The van der Waals surface area contributed by atoms with E-state index in [2.05, 4.69) is 20.3 Å². The van der Waals surface area contributed by atoms with Gasteiger partial charge in [-0.3, -0.25) is 14.9 Å². The zero-order valence-electron chi connectivity index (χ0n) is 18.2. The van der Waals surface area contributed by atoms with Crippen LogP contribution < -0.4 is 5.56 Å². The fourth-order valence-corrected chi connectivity index (χ4v) is 3.57. The number of benzene rings is 2. The summed E-state index contributed by atoms with van der Waals surface area (Å²) in [5, 5.41) is 31.0. The van der Waals surface area contributed by atoms with Gasteiger partial charge in [-0.25, -0.2) is 9.48 Å². The number of carbonyl (C=O) groups is 1. The van der Waals surface area contributed by atoms with E-state index >= 15 is 0 Å². The van der Waals surface area contributed by atoms with Gasteiger partial charge in [-0.15, -0.1) is 10.2 Å². The number of nitrogens with one attached hydrogen (secondary N) is 1. The number of aromatic hydroxyl groups is 1. The molecule has 2 heterocycles. The van der Waals surface area contributed by atoms with Crippen molar-refractivity contribution in [3.8, 4) is 22.7 Å². The number of aryl methyl sites for hydroxylation is 3. The van der Waals surface area contributed by atoms with Crippen molar-refractivity contribution in [2.75, 3.05) is 0 Å². The van der Waals surface area contributed by atoms with E-state index in [1.165, 1.54) is 29.1 Å². The number of aromatic amines is 1. The van der Waals surface area contributed by atoms with Gasteiger partial charge in [0.05, 0.1) is 16.9 Å². The number of carboxylic acids is 1. The van der Waals surface area contributed by atoms with E-state index in [4.69, 9.17) is 0 Å². The summed E-state index contributed by atoms with van der Waals surface area (Å²) in [4.78, 5) is 28.4. The molecule has 0 atom stereocenters. The second-order valence-electron chi connectivity index (χ2n) is 7.69. The summed E-state index contributed by atoms with van der Waals surface area (Å²) in [6.45, 7) is 5.58. The van der Waals surface area contributed by atoms with Crippen LogP contribution in [0.3, 0.4) is 0 Å². The van der Waals surface area contributed by atoms with Crippen molar-refractivity contribution in [2.24, 2.45) is 10.2 Å². The van der Waals surface area contributed by atoms with E-state index in [0.29, 0.717) is 17.1 Å². The molecule has 0 radical (unpaired) electrons.